The molecule has 1 rings (SSSR count). The zero-order valence-corrected chi connectivity index (χ0v) is 13.0. The molecule has 0 saturated carbocycles. The summed E-state index contributed by atoms with van der Waals surface area (Å²) in [6.07, 6.45) is 2.05. The van der Waals surface area contributed by atoms with Crippen molar-refractivity contribution in [2.45, 2.75) is 32.4 Å². The number of nitrogens with zero attached hydrogens (tertiary/aromatic N) is 3. The van der Waals surface area contributed by atoms with E-state index in [-0.39, 0.29) is 11.9 Å². The van der Waals surface area contributed by atoms with Crippen LogP contribution < -0.4 is 5.73 Å². The molecule has 0 amide bonds. The maximum atomic E-state index is 12.8. The third-order valence-corrected chi connectivity index (χ3v) is 3.52. The van der Waals surface area contributed by atoms with Crippen molar-refractivity contribution in [3.63, 3.8) is 0 Å². The van der Waals surface area contributed by atoms with E-state index in [1.165, 1.54) is 12.3 Å². The highest BCUT2D eigenvalue weighted by Crippen LogP contribution is 2.13. The summed E-state index contributed by atoms with van der Waals surface area (Å²) in [6, 6.07) is 3.42. The van der Waals surface area contributed by atoms with Crippen LogP contribution in [0.25, 0.3) is 0 Å². The zero-order valence-electron chi connectivity index (χ0n) is 13.0. The van der Waals surface area contributed by atoms with Gasteiger partial charge in [-0.2, -0.15) is 0 Å². The minimum Gasteiger partial charge on any atom is -0.323 e. The molecule has 0 bridgehead atoms. The third kappa shape index (κ3) is 5.53. The number of aromatic nitrogens is 1. The lowest BCUT2D eigenvalue weighted by molar-refractivity contribution is 0.176. The van der Waals surface area contributed by atoms with Gasteiger partial charge in [0.25, 0.3) is 0 Å². The van der Waals surface area contributed by atoms with E-state index in [1.807, 2.05) is 0 Å². The Morgan fingerprint density at radius 3 is 2.55 bits per heavy atom. The third-order valence-electron chi connectivity index (χ3n) is 3.52. The van der Waals surface area contributed by atoms with Crippen molar-refractivity contribution in [2.24, 2.45) is 5.73 Å². The highest BCUT2D eigenvalue weighted by Gasteiger charge is 2.15. The number of pyridine rings is 1. The lowest BCUT2D eigenvalue weighted by atomic mass is 10.1. The van der Waals surface area contributed by atoms with Crippen LogP contribution >= 0.6 is 0 Å². The number of hydrogen-bond donors (Lipinski definition) is 1. The minimum atomic E-state index is -0.323. The van der Waals surface area contributed by atoms with E-state index in [2.05, 4.69) is 42.7 Å². The Labute approximate surface area is 121 Å². The van der Waals surface area contributed by atoms with Gasteiger partial charge in [-0.25, -0.2) is 4.39 Å². The summed E-state index contributed by atoms with van der Waals surface area (Å²) >= 11 is 0. The van der Waals surface area contributed by atoms with Crippen LogP contribution in [0.2, 0.25) is 0 Å². The second-order valence-corrected chi connectivity index (χ2v) is 5.54. The molecule has 0 aliphatic carbocycles. The molecule has 2 unspecified atom stereocenters. The maximum absolute atomic E-state index is 12.8. The summed E-state index contributed by atoms with van der Waals surface area (Å²) in [4.78, 5) is 8.64. The van der Waals surface area contributed by atoms with Crippen molar-refractivity contribution >= 4 is 0 Å². The average Bonchev–Trinajstić information content (AvgIpc) is 2.39. The van der Waals surface area contributed by atoms with Crippen molar-refractivity contribution in [3.8, 4) is 0 Å². The van der Waals surface area contributed by atoms with E-state index in [1.54, 1.807) is 6.07 Å². The van der Waals surface area contributed by atoms with Gasteiger partial charge in [0, 0.05) is 25.2 Å². The van der Waals surface area contributed by atoms with E-state index >= 15 is 0 Å². The molecule has 1 aromatic rings. The van der Waals surface area contributed by atoms with Gasteiger partial charge in [0.05, 0.1) is 11.9 Å². The quantitative estimate of drug-likeness (QED) is 0.791. The van der Waals surface area contributed by atoms with E-state index in [4.69, 9.17) is 5.73 Å². The molecule has 0 aromatic carbocycles. The maximum Gasteiger partial charge on any atom is 0.141 e. The molecule has 114 valence electrons. The first kappa shape index (κ1) is 17.0. The van der Waals surface area contributed by atoms with E-state index < -0.39 is 0 Å². The Bertz CT molecular complexity index is 380. The number of nitrogens with two attached hydrogens (primary N) is 1. The van der Waals surface area contributed by atoms with Crippen LogP contribution in [0.1, 0.15) is 32.0 Å². The van der Waals surface area contributed by atoms with Crippen LogP contribution in [-0.2, 0) is 0 Å². The normalized spacial score (nSPS) is 14.8. The van der Waals surface area contributed by atoms with Crippen molar-refractivity contribution in [1.29, 1.82) is 0 Å². The fourth-order valence-corrected chi connectivity index (χ4v) is 2.39. The van der Waals surface area contributed by atoms with E-state index in [9.17, 15) is 4.39 Å². The van der Waals surface area contributed by atoms with Gasteiger partial charge in [0.2, 0.25) is 0 Å². The Morgan fingerprint density at radius 2 is 2.05 bits per heavy atom. The van der Waals surface area contributed by atoms with Crippen LogP contribution in [0.15, 0.2) is 18.3 Å². The molecule has 0 spiro atoms. The predicted octanol–water partition coefficient (Wildman–Crippen LogP) is 1.88. The molecular formula is C15H27FN4. The zero-order chi connectivity index (χ0) is 15.1. The molecule has 0 radical (unpaired) electrons. The Kier molecular flexibility index (Phi) is 7.05. The molecule has 1 heterocycles. The Hall–Kier alpha value is -1.04. The molecule has 5 heteroatoms. The topological polar surface area (TPSA) is 45.4 Å². The molecule has 0 fully saturated rings. The first-order valence-corrected chi connectivity index (χ1v) is 7.19. The fraction of sp³-hybridized carbons (Fsp3) is 0.667. The van der Waals surface area contributed by atoms with Crippen molar-refractivity contribution < 1.29 is 4.39 Å². The summed E-state index contributed by atoms with van der Waals surface area (Å²) in [5, 5.41) is 0. The van der Waals surface area contributed by atoms with Crippen LogP contribution in [0, 0.1) is 5.82 Å². The van der Waals surface area contributed by atoms with Crippen LogP contribution in [0.3, 0.4) is 0 Å². The minimum absolute atomic E-state index is 0.142. The lowest BCUT2D eigenvalue weighted by Gasteiger charge is -2.30. The number of halogens is 1. The monoisotopic (exact) mass is 282 g/mol. The molecule has 4 nitrogen and oxygen atoms in total. The lowest BCUT2D eigenvalue weighted by Crippen LogP contribution is -2.41. The highest BCUT2D eigenvalue weighted by molar-refractivity contribution is 5.09. The summed E-state index contributed by atoms with van der Waals surface area (Å²) in [5.74, 6) is -0.323. The van der Waals surface area contributed by atoms with Crippen molar-refractivity contribution in [3.05, 3.63) is 29.8 Å². The molecular weight excluding hydrogens is 255 g/mol. The van der Waals surface area contributed by atoms with Gasteiger partial charge in [-0.05, 0) is 46.1 Å². The molecule has 0 saturated heterocycles. The second-order valence-electron chi connectivity index (χ2n) is 5.54. The smallest absolute Gasteiger partial charge is 0.141 e. The molecule has 0 aliphatic heterocycles. The standard InChI is InChI=1S/C15H27FN4/c1-5-20(12(2)11-19(3)4)9-8-14(17)15-7-6-13(16)10-18-15/h6-7,10,12,14H,5,8-9,11,17H2,1-4H3. The molecule has 2 N–H and O–H groups in total. The summed E-state index contributed by atoms with van der Waals surface area (Å²) in [6.45, 7) is 7.33. The molecule has 2 atom stereocenters. The number of rotatable bonds is 8. The van der Waals surface area contributed by atoms with Gasteiger partial charge in [-0.3, -0.25) is 9.88 Å². The van der Waals surface area contributed by atoms with Gasteiger partial charge in [-0.1, -0.05) is 6.92 Å². The van der Waals surface area contributed by atoms with E-state index in [0.717, 1.165) is 31.7 Å². The van der Waals surface area contributed by atoms with Gasteiger partial charge in [0.1, 0.15) is 5.82 Å². The highest BCUT2D eigenvalue weighted by atomic mass is 19.1. The molecule has 20 heavy (non-hydrogen) atoms. The number of hydrogen-bond acceptors (Lipinski definition) is 4. The first-order chi connectivity index (χ1) is 9.43. The van der Waals surface area contributed by atoms with Gasteiger partial charge in [0.15, 0.2) is 0 Å². The van der Waals surface area contributed by atoms with Crippen LogP contribution in [-0.4, -0.2) is 54.6 Å². The fourth-order valence-electron chi connectivity index (χ4n) is 2.39. The second kappa shape index (κ2) is 8.29. The van der Waals surface area contributed by atoms with Gasteiger partial charge < -0.3 is 10.6 Å². The first-order valence-electron chi connectivity index (χ1n) is 7.19. The van der Waals surface area contributed by atoms with Gasteiger partial charge in [-0.15, -0.1) is 0 Å². The summed E-state index contributed by atoms with van der Waals surface area (Å²) in [7, 11) is 4.16. The SMILES string of the molecule is CCN(CCC(N)c1ccc(F)cn1)C(C)CN(C)C. The summed E-state index contributed by atoms with van der Waals surface area (Å²) < 4.78 is 12.8. The molecule has 0 aliphatic rings. The largest absolute Gasteiger partial charge is 0.323 e. The summed E-state index contributed by atoms with van der Waals surface area (Å²) in [5.41, 5.74) is 6.88. The number of likely N-dealkylation sites (N-methyl/N-ethyl adjacent to an activating group) is 2. The van der Waals surface area contributed by atoms with Crippen LogP contribution in [0.4, 0.5) is 4.39 Å². The molecule has 1 aromatic heterocycles. The van der Waals surface area contributed by atoms with Crippen molar-refractivity contribution in [2.75, 3.05) is 33.7 Å². The average molecular weight is 282 g/mol. The van der Waals surface area contributed by atoms with Gasteiger partial charge >= 0.3 is 0 Å². The predicted molar refractivity (Wildman–Crippen MR) is 81.0 cm³/mol. The van der Waals surface area contributed by atoms with Crippen LogP contribution in [0.5, 0.6) is 0 Å². The Balaban J connectivity index is 2.49. The Morgan fingerprint density at radius 1 is 1.35 bits per heavy atom. The van der Waals surface area contributed by atoms with Crippen molar-refractivity contribution in [1.82, 2.24) is 14.8 Å². The van der Waals surface area contributed by atoms with E-state index in [0.29, 0.717) is 6.04 Å².